The smallest absolute Gasteiger partial charge is 0.462 e. The fraction of sp³-hybridized carbons (Fsp3) is 0.800. The molecule has 0 aromatic heterocycles. The second kappa shape index (κ2) is 4.24. The first-order chi connectivity index (χ1) is 5.37. The predicted octanol–water partition coefficient (Wildman–Crippen LogP) is 1.38. The lowest BCUT2D eigenvalue weighted by Crippen LogP contribution is -2.28. The van der Waals surface area contributed by atoms with Gasteiger partial charge >= 0.3 is 18.7 Å². The first-order valence-electron chi connectivity index (χ1n) is 2.92. The van der Waals surface area contributed by atoms with Crippen LogP contribution in [-0.2, 0) is 14.3 Å². The summed E-state index contributed by atoms with van der Waals surface area (Å²) >= 11 is 0. The van der Waals surface area contributed by atoms with Gasteiger partial charge in [0.2, 0.25) is 0 Å². The Hall–Kier alpha value is -0.850. The zero-order valence-corrected chi connectivity index (χ0v) is 6.02. The van der Waals surface area contributed by atoms with E-state index in [4.69, 9.17) is 0 Å². The van der Waals surface area contributed by atoms with Crippen LogP contribution < -0.4 is 0 Å². The Morgan fingerprint density at radius 1 is 1.50 bits per heavy atom. The highest BCUT2D eigenvalue weighted by molar-refractivity contribution is 5.72. The van der Waals surface area contributed by atoms with Gasteiger partial charge in [-0.1, -0.05) is 0 Å². The lowest BCUT2D eigenvalue weighted by molar-refractivity contribution is -0.356. The third kappa shape index (κ3) is 4.89. The van der Waals surface area contributed by atoms with Crippen LogP contribution in [0.2, 0.25) is 0 Å². The molecule has 0 spiro atoms. The second-order valence-corrected chi connectivity index (χ2v) is 1.63. The van der Waals surface area contributed by atoms with Gasteiger partial charge in [0.1, 0.15) is 0 Å². The summed E-state index contributed by atoms with van der Waals surface area (Å²) in [6.45, 7) is 1.12. The summed E-state index contributed by atoms with van der Waals surface area (Å²) in [5.74, 6) is -1.69. The van der Waals surface area contributed by atoms with E-state index in [1.54, 1.807) is 0 Å². The van der Waals surface area contributed by atoms with Crippen LogP contribution in [0.15, 0.2) is 0 Å². The molecule has 0 saturated carbocycles. The summed E-state index contributed by atoms with van der Waals surface area (Å²) < 4.78 is 52.4. The minimum atomic E-state index is -5.17. The lowest BCUT2D eigenvalue weighted by atomic mass is 10.7. The minimum Gasteiger partial charge on any atom is -0.462 e. The van der Waals surface area contributed by atoms with E-state index in [1.807, 2.05) is 0 Å². The SMILES string of the molecule is CCOC(=O)C(F)OC(F)(F)F. The van der Waals surface area contributed by atoms with Gasteiger partial charge < -0.3 is 4.74 Å². The van der Waals surface area contributed by atoms with Gasteiger partial charge in [-0.15, -0.1) is 13.2 Å². The zero-order chi connectivity index (χ0) is 9.78. The van der Waals surface area contributed by atoms with Crippen molar-refractivity contribution in [3.05, 3.63) is 0 Å². The van der Waals surface area contributed by atoms with Crippen molar-refractivity contribution in [1.29, 1.82) is 0 Å². The summed E-state index contributed by atoms with van der Waals surface area (Å²) in [4.78, 5) is 10.2. The quantitative estimate of drug-likeness (QED) is 0.498. The Morgan fingerprint density at radius 3 is 2.33 bits per heavy atom. The van der Waals surface area contributed by atoms with E-state index in [1.165, 1.54) is 6.92 Å². The third-order valence-electron chi connectivity index (χ3n) is 0.709. The van der Waals surface area contributed by atoms with Gasteiger partial charge in [-0.25, -0.2) is 13.9 Å². The Balaban J connectivity index is 3.87. The number of esters is 1. The zero-order valence-electron chi connectivity index (χ0n) is 6.02. The highest BCUT2D eigenvalue weighted by atomic mass is 19.4. The summed E-state index contributed by atoms with van der Waals surface area (Å²) in [5.41, 5.74) is 0. The molecule has 0 aromatic rings. The molecule has 0 aliphatic carbocycles. The van der Waals surface area contributed by atoms with Gasteiger partial charge in [0.15, 0.2) is 0 Å². The highest BCUT2D eigenvalue weighted by Crippen LogP contribution is 2.19. The Labute approximate surface area is 65.2 Å². The van der Waals surface area contributed by atoms with Gasteiger partial charge in [-0.2, -0.15) is 0 Å². The molecule has 0 heterocycles. The molecule has 1 atom stereocenters. The molecule has 3 nitrogen and oxygen atoms in total. The Kier molecular flexibility index (Phi) is 3.94. The van der Waals surface area contributed by atoms with Crippen molar-refractivity contribution in [1.82, 2.24) is 0 Å². The largest absolute Gasteiger partial charge is 0.525 e. The molecule has 0 radical (unpaired) electrons. The van der Waals surface area contributed by atoms with E-state index in [2.05, 4.69) is 9.47 Å². The Morgan fingerprint density at radius 2 is 2.00 bits per heavy atom. The molecule has 0 N–H and O–H groups in total. The predicted molar refractivity (Wildman–Crippen MR) is 28.7 cm³/mol. The van der Waals surface area contributed by atoms with Gasteiger partial charge in [-0.05, 0) is 6.92 Å². The van der Waals surface area contributed by atoms with Crippen LogP contribution in [0.5, 0.6) is 0 Å². The van der Waals surface area contributed by atoms with E-state index in [9.17, 15) is 22.4 Å². The maximum atomic E-state index is 12.1. The molecule has 0 aliphatic heterocycles. The normalized spacial score (nSPS) is 14.1. The molecule has 72 valence electrons. The second-order valence-electron chi connectivity index (χ2n) is 1.63. The number of halogens is 4. The molecule has 12 heavy (non-hydrogen) atoms. The average molecular weight is 190 g/mol. The fourth-order valence-electron chi connectivity index (χ4n) is 0.373. The molecular weight excluding hydrogens is 184 g/mol. The highest BCUT2D eigenvalue weighted by Gasteiger charge is 2.37. The molecule has 7 heteroatoms. The lowest BCUT2D eigenvalue weighted by Gasteiger charge is -2.10. The van der Waals surface area contributed by atoms with Crippen molar-refractivity contribution in [3.63, 3.8) is 0 Å². The molecule has 0 aromatic carbocycles. The summed E-state index contributed by atoms with van der Waals surface area (Å²) in [5, 5.41) is 0. The van der Waals surface area contributed by atoms with Gasteiger partial charge in [0, 0.05) is 0 Å². The summed E-state index contributed by atoms with van der Waals surface area (Å²) in [6, 6.07) is 0. The van der Waals surface area contributed by atoms with Crippen LogP contribution in [0.4, 0.5) is 17.6 Å². The number of hydrogen-bond acceptors (Lipinski definition) is 3. The molecule has 0 fully saturated rings. The van der Waals surface area contributed by atoms with Crippen LogP contribution in [-0.4, -0.2) is 25.3 Å². The number of carbonyl (C=O) groups is 1. The van der Waals surface area contributed by atoms with Gasteiger partial charge in [0.05, 0.1) is 6.61 Å². The van der Waals surface area contributed by atoms with Crippen molar-refractivity contribution in [2.24, 2.45) is 0 Å². The number of ether oxygens (including phenoxy) is 2. The first kappa shape index (κ1) is 11.2. The van der Waals surface area contributed by atoms with E-state index in [-0.39, 0.29) is 6.61 Å². The molecule has 0 bridgehead atoms. The molecule has 1 unspecified atom stereocenters. The number of rotatable bonds is 3. The standard InChI is InChI=1S/C5H6F4O3/c1-2-11-4(10)3(6)12-5(7,8)9/h3H,2H2,1H3. The van der Waals surface area contributed by atoms with Crippen LogP contribution in [0.25, 0.3) is 0 Å². The molecule has 0 aliphatic rings. The molecule has 0 saturated heterocycles. The van der Waals surface area contributed by atoms with E-state index in [0.717, 1.165) is 0 Å². The van der Waals surface area contributed by atoms with Crippen molar-refractivity contribution < 1.29 is 31.8 Å². The van der Waals surface area contributed by atoms with Crippen LogP contribution in [0.1, 0.15) is 6.92 Å². The summed E-state index contributed by atoms with van der Waals surface area (Å²) in [7, 11) is 0. The monoisotopic (exact) mass is 190 g/mol. The average Bonchev–Trinajstić information content (AvgIpc) is 1.84. The third-order valence-corrected chi connectivity index (χ3v) is 0.709. The van der Waals surface area contributed by atoms with Crippen molar-refractivity contribution in [2.75, 3.05) is 6.61 Å². The van der Waals surface area contributed by atoms with E-state index < -0.39 is 18.7 Å². The van der Waals surface area contributed by atoms with Gasteiger partial charge in [0.25, 0.3) is 0 Å². The van der Waals surface area contributed by atoms with Gasteiger partial charge in [-0.3, -0.25) is 0 Å². The van der Waals surface area contributed by atoms with Crippen LogP contribution in [0.3, 0.4) is 0 Å². The van der Waals surface area contributed by atoms with E-state index in [0.29, 0.717) is 0 Å². The number of alkyl halides is 4. The maximum absolute atomic E-state index is 12.1. The minimum absolute atomic E-state index is 0.208. The van der Waals surface area contributed by atoms with Crippen LogP contribution >= 0.6 is 0 Å². The first-order valence-corrected chi connectivity index (χ1v) is 2.92. The molecule has 0 rings (SSSR count). The number of hydrogen-bond donors (Lipinski definition) is 0. The van der Waals surface area contributed by atoms with Crippen molar-refractivity contribution >= 4 is 5.97 Å². The Bertz CT molecular complexity index is 155. The molecular formula is C5H6F4O3. The van der Waals surface area contributed by atoms with E-state index >= 15 is 0 Å². The maximum Gasteiger partial charge on any atom is 0.525 e. The van der Waals surface area contributed by atoms with Crippen molar-refractivity contribution in [2.45, 2.75) is 19.6 Å². The van der Waals surface area contributed by atoms with Crippen LogP contribution in [0, 0.1) is 0 Å². The topological polar surface area (TPSA) is 35.5 Å². The molecule has 0 amide bonds. The van der Waals surface area contributed by atoms with Crippen molar-refractivity contribution in [3.8, 4) is 0 Å². The summed E-state index contributed by atoms with van der Waals surface area (Å²) in [6.07, 6.45) is -8.28. The fourth-order valence-corrected chi connectivity index (χ4v) is 0.373. The number of carbonyl (C=O) groups excluding carboxylic acids is 1.